The van der Waals surface area contributed by atoms with Gasteiger partial charge in [-0.25, -0.2) is 9.65 Å². The summed E-state index contributed by atoms with van der Waals surface area (Å²) in [4.78, 5) is 31.9. The van der Waals surface area contributed by atoms with Crippen molar-refractivity contribution in [1.82, 2.24) is 5.09 Å². The van der Waals surface area contributed by atoms with Crippen LogP contribution in [0.2, 0.25) is 0 Å². The van der Waals surface area contributed by atoms with Crippen molar-refractivity contribution >= 4 is 19.7 Å². The van der Waals surface area contributed by atoms with Crippen LogP contribution < -0.4 is 5.09 Å². The summed E-state index contributed by atoms with van der Waals surface area (Å²) < 4.78 is 25.1. The smallest absolute Gasteiger partial charge is 0.403 e. The molecule has 10 heteroatoms. The third-order valence-electron chi connectivity index (χ3n) is 2.15. The fraction of sp³-hybridized carbons (Fsp3) is 0.700. The number of hydrogen-bond donors (Lipinski definition) is 2. The minimum atomic E-state index is -4.27. The van der Waals surface area contributed by atoms with Gasteiger partial charge in [-0.05, 0) is 6.42 Å². The van der Waals surface area contributed by atoms with Crippen LogP contribution in [0, 0.1) is 11.3 Å². The fourth-order valence-corrected chi connectivity index (χ4v) is 2.23. The molecule has 0 fully saturated rings. The van der Waals surface area contributed by atoms with Crippen LogP contribution in [0.25, 0.3) is 0 Å². The molecule has 2 atom stereocenters. The first-order valence-corrected chi connectivity index (χ1v) is 7.20. The van der Waals surface area contributed by atoms with E-state index < -0.39 is 25.7 Å². The monoisotopic (exact) mass is 308 g/mol. The number of esters is 2. The van der Waals surface area contributed by atoms with E-state index in [0.717, 1.165) is 7.11 Å². The average Bonchev–Trinajstić information content (AvgIpc) is 2.42. The lowest BCUT2D eigenvalue weighted by atomic mass is 10.2. The van der Waals surface area contributed by atoms with E-state index in [1.165, 1.54) is 7.11 Å². The van der Waals surface area contributed by atoms with Crippen molar-refractivity contribution in [2.24, 2.45) is 0 Å². The van der Waals surface area contributed by atoms with E-state index in [1.807, 2.05) is 0 Å². The minimum Gasteiger partial charge on any atom is -0.469 e. The Hall–Kier alpha value is -1.46. The maximum atomic E-state index is 11.6. The number of carbonyl (C=O) groups excluding carboxylic acids is 2. The molecule has 0 aromatic rings. The zero-order valence-corrected chi connectivity index (χ0v) is 12.1. The van der Waals surface area contributed by atoms with Gasteiger partial charge >= 0.3 is 19.7 Å². The van der Waals surface area contributed by atoms with Gasteiger partial charge in [0, 0.05) is 6.42 Å². The van der Waals surface area contributed by atoms with Crippen molar-refractivity contribution in [3.05, 3.63) is 0 Å². The Kier molecular flexibility index (Phi) is 8.76. The van der Waals surface area contributed by atoms with E-state index in [0.29, 0.717) is 0 Å². The van der Waals surface area contributed by atoms with Crippen LogP contribution in [0.4, 0.5) is 0 Å². The molecule has 0 saturated heterocycles. The molecule has 2 unspecified atom stereocenters. The van der Waals surface area contributed by atoms with Crippen LogP contribution >= 0.6 is 7.75 Å². The molecule has 0 heterocycles. The van der Waals surface area contributed by atoms with Crippen LogP contribution in [-0.2, 0) is 28.2 Å². The SMILES string of the molecule is COC(=O)CCC(NP(=O)(O)OCCC#N)C(=O)OC. The average molecular weight is 308 g/mol. The predicted octanol–water partition coefficient (Wildman–Crippen LogP) is 0.101. The normalized spacial score (nSPS) is 14.7. The van der Waals surface area contributed by atoms with E-state index in [2.05, 4.69) is 19.1 Å². The fourth-order valence-electron chi connectivity index (χ4n) is 1.19. The number of hydrogen-bond acceptors (Lipinski definition) is 7. The van der Waals surface area contributed by atoms with Gasteiger partial charge in [0.25, 0.3) is 0 Å². The highest BCUT2D eigenvalue weighted by atomic mass is 31.2. The third kappa shape index (κ3) is 7.86. The Bertz CT molecular complexity index is 420. The summed E-state index contributed by atoms with van der Waals surface area (Å²) in [6.45, 7) is -0.262. The molecule has 0 aromatic heterocycles. The van der Waals surface area contributed by atoms with E-state index in [1.54, 1.807) is 6.07 Å². The number of methoxy groups -OCH3 is 2. The lowest BCUT2D eigenvalue weighted by Crippen LogP contribution is -2.36. The highest BCUT2D eigenvalue weighted by Crippen LogP contribution is 2.38. The molecule has 9 nitrogen and oxygen atoms in total. The highest BCUT2D eigenvalue weighted by molar-refractivity contribution is 7.50. The molecule has 114 valence electrons. The summed E-state index contributed by atoms with van der Waals surface area (Å²) in [5, 5.41) is 10.4. The molecule has 0 spiro atoms. The van der Waals surface area contributed by atoms with Gasteiger partial charge < -0.3 is 14.4 Å². The van der Waals surface area contributed by atoms with Gasteiger partial charge in [-0.3, -0.25) is 14.1 Å². The molecular formula is C10H17N2O7P. The summed E-state index contributed by atoms with van der Waals surface area (Å²) in [7, 11) is -1.98. The Balaban J connectivity index is 4.55. The van der Waals surface area contributed by atoms with Crippen molar-refractivity contribution in [2.45, 2.75) is 25.3 Å². The van der Waals surface area contributed by atoms with Crippen molar-refractivity contribution < 1.29 is 33.0 Å². The molecule has 0 saturated carbocycles. The number of nitriles is 1. The van der Waals surface area contributed by atoms with Crippen molar-refractivity contribution in [3.8, 4) is 6.07 Å². The maximum Gasteiger partial charge on any atom is 0.403 e. The van der Waals surface area contributed by atoms with Gasteiger partial charge in [0.2, 0.25) is 0 Å². The van der Waals surface area contributed by atoms with Gasteiger partial charge in [0.1, 0.15) is 6.04 Å². The maximum absolute atomic E-state index is 11.6. The van der Waals surface area contributed by atoms with Crippen molar-refractivity contribution in [1.29, 1.82) is 5.26 Å². The minimum absolute atomic E-state index is 0.0721. The number of nitrogens with one attached hydrogen (secondary N) is 1. The Morgan fingerprint density at radius 3 is 2.55 bits per heavy atom. The van der Waals surface area contributed by atoms with E-state index in [-0.39, 0.29) is 25.9 Å². The number of nitrogens with zero attached hydrogens (tertiary/aromatic N) is 1. The topological polar surface area (TPSA) is 135 Å². The summed E-state index contributed by atoms with van der Waals surface area (Å²) in [5.74, 6) is -1.38. The molecule has 0 amide bonds. The van der Waals surface area contributed by atoms with E-state index in [9.17, 15) is 19.0 Å². The summed E-state index contributed by atoms with van der Waals surface area (Å²) in [6, 6.07) is 0.540. The Morgan fingerprint density at radius 1 is 1.40 bits per heavy atom. The van der Waals surface area contributed by atoms with Crippen LogP contribution in [-0.4, -0.2) is 43.7 Å². The zero-order valence-electron chi connectivity index (χ0n) is 11.2. The zero-order chi connectivity index (χ0) is 15.6. The lowest BCUT2D eigenvalue weighted by Gasteiger charge is -2.19. The van der Waals surface area contributed by atoms with E-state index >= 15 is 0 Å². The molecule has 2 N–H and O–H groups in total. The van der Waals surface area contributed by atoms with Crippen molar-refractivity contribution in [3.63, 3.8) is 0 Å². The van der Waals surface area contributed by atoms with Gasteiger partial charge in [-0.1, -0.05) is 0 Å². The van der Waals surface area contributed by atoms with Crippen molar-refractivity contribution in [2.75, 3.05) is 20.8 Å². The summed E-state index contributed by atoms with van der Waals surface area (Å²) in [5.41, 5.74) is 0. The highest BCUT2D eigenvalue weighted by Gasteiger charge is 2.30. The number of rotatable bonds is 9. The largest absolute Gasteiger partial charge is 0.469 e. The molecule has 0 bridgehead atoms. The molecule has 0 aromatic carbocycles. The molecule has 0 radical (unpaired) electrons. The Morgan fingerprint density at radius 2 is 2.05 bits per heavy atom. The first kappa shape index (κ1) is 18.5. The molecule has 0 rings (SSSR count). The van der Waals surface area contributed by atoms with Crippen LogP contribution in [0.5, 0.6) is 0 Å². The molecule has 0 aliphatic rings. The van der Waals surface area contributed by atoms with Gasteiger partial charge in [0.05, 0.1) is 33.3 Å². The van der Waals surface area contributed by atoms with Gasteiger partial charge in [-0.15, -0.1) is 0 Å². The number of ether oxygens (including phenoxy) is 2. The lowest BCUT2D eigenvalue weighted by molar-refractivity contribution is -0.144. The third-order valence-corrected chi connectivity index (χ3v) is 3.32. The standard InChI is InChI=1S/C10H17N2O7P/c1-17-9(13)5-4-8(10(14)18-2)12-20(15,16)19-7-3-6-11/h8H,3-5,7H2,1-2H3,(H2,12,15,16). The van der Waals surface area contributed by atoms with E-state index in [4.69, 9.17) is 5.26 Å². The number of carbonyl (C=O) groups is 2. The predicted molar refractivity (Wildman–Crippen MR) is 66.2 cm³/mol. The second-order valence-corrected chi connectivity index (χ2v) is 5.14. The molecule has 20 heavy (non-hydrogen) atoms. The summed E-state index contributed by atoms with van der Waals surface area (Å²) in [6.07, 6.45) is -0.301. The van der Waals surface area contributed by atoms with Crippen LogP contribution in [0.15, 0.2) is 0 Å². The van der Waals surface area contributed by atoms with Crippen LogP contribution in [0.1, 0.15) is 19.3 Å². The Labute approximate surface area is 116 Å². The second kappa shape index (κ2) is 9.44. The van der Waals surface area contributed by atoms with Crippen LogP contribution in [0.3, 0.4) is 0 Å². The van der Waals surface area contributed by atoms with Gasteiger partial charge in [0.15, 0.2) is 0 Å². The van der Waals surface area contributed by atoms with Gasteiger partial charge in [-0.2, -0.15) is 5.26 Å². The molecule has 0 aliphatic carbocycles. The first-order chi connectivity index (χ1) is 9.36. The quantitative estimate of drug-likeness (QED) is 0.345. The second-order valence-electron chi connectivity index (χ2n) is 3.58. The molecular weight excluding hydrogens is 291 g/mol. The summed E-state index contributed by atoms with van der Waals surface area (Å²) >= 11 is 0. The first-order valence-electron chi connectivity index (χ1n) is 5.63. The molecule has 0 aliphatic heterocycles.